The summed E-state index contributed by atoms with van der Waals surface area (Å²) in [6, 6.07) is 0. The maximum Gasteiger partial charge on any atom is -0.00461 e. The first kappa shape index (κ1) is 13.0. The predicted molar refractivity (Wildman–Crippen MR) is 67.6 cm³/mol. The minimum Gasteiger partial charge on any atom is -0.330 e. The van der Waals surface area contributed by atoms with Gasteiger partial charge in [-0.15, -0.1) is 0 Å². The van der Waals surface area contributed by atoms with Crippen molar-refractivity contribution in [2.24, 2.45) is 41.2 Å². The molecule has 5 atom stereocenters. The fourth-order valence-electron chi connectivity index (χ4n) is 3.86. The molecule has 0 aromatic heterocycles. The summed E-state index contributed by atoms with van der Waals surface area (Å²) in [7, 11) is 0. The Morgan fingerprint density at radius 1 is 1.20 bits per heavy atom. The first-order chi connectivity index (χ1) is 7.02. The molecule has 0 bridgehead atoms. The molecular weight excluding hydrogens is 182 g/mol. The molecule has 5 unspecified atom stereocenters. The Hall–Kier alpha value is -0.0400. The molecule has 0 spiro atoms. The van der Waals surface area contributed by atoms with Crippen LogP contribution in [0.5, 0.6) is 0 Å². The Balaban J connectivity index is 2.79. The maximum atomic E-state index is 5.92. The molecule has 0 amide bonds. The van der Waals surface area contributed by atoms with Gasteiger partial charge in [0.2, 0.25) is 0 Å². The standard InChI is InChI=1S/C14H29N/c1-6-13-10(4)12(8-15)7-14(9(2)3)11(13)5/h9-14H,6-8,15H2,1-5H3. The zero-order valence-corrected chi connectivity index (χ0v) is 11.2. The van der Waals surface area contributed by atoms with E-state index in [4.69, 9.17) is 5.73 Å². The maximum absolute atomic E-state index is 5.92. The van der Waals surface area contributed by atoms with Gasteiger partial charge in [0.25, 0.3) is 0 Å². The lowest BCUT2D eigenvalue weighted by Crippen LogP contribution is -2.42. The summed E-state index contributed by atoms with van der Waals surface area (Å²) in [4.78, 5) is 0. The van der Waals surface area contributed by atoms with Crippen molar-refractivity contribution in [3.63, 3.8) is 0 Å². The molecule has 0 aliphatic heterocycles. The summed E-state index contributed by atoms with van der Waals surface area (Å²) in [5, 5.41) is 0. The van der Waals surface area contributed by atoms with Crippen molar-refractivity contribution in [2.75, 3.05) is 6.54 Å². The van der Waals surface area contributed by atoms with Gasteiger partial charge in [-0.1, -0.05) is 41.0 Å². The fourth-order valence-corrected chi connectivity index (χ4v) is 3.86. The average Bonchev–Trinajstić information content (AvgIpc) is 2.18. The molecule has 1 rings (SSSR count). The third kappa shape index (κ3) is 2.55. The van der Waals surface area contributed by atoms with Crippen LogP contribution in [-0.4, -0.2) is 6.54 Å². The molecule has 2 N–H and O–H groups in total. The minimum atomic E-state index is 0.763. The molecule has 0 heterocycles. The second kappa shape index (κ2) is 5.34. The molecule has 15 heavy (non-hydrogen) atoms. The van der Waals surface area contributed by atoms with E-state index in [9.17, 15) is 0 Å². The van der Waals surface area contributed by atoms with Gasteiger partial charge in [-0.05, 0) is 48.5 Å². The second-order valence-electron chi connectivity index (χ2n) is 5.93. The molecule has 1 heteroatoms. The molecule has 0 aromatic carbocycles. The third-order valence-corrected chi connectivity index (χ3v) is 4.97. The molecular formula is C14H29N. The molecule has 1 saturated carbocycles. The number of hydrogen-bond donors (Lipinski definition) is 1. The zero-order valence-electron chi connectivity index (χ0n) is 11.2. The van der Waals surface area contributed by atoms with Crippen LogP contribution >= 0.6 is 0 Å². The van der Waals surface area contributed by atoms with Crippen LogP contribution < -0.4 is 5.73 Å². The van der Waals surface area contributed by atoms with Gasteiger partial charge in [-0.3, -0.25) is 0 Å². The van der Waals surface area contributed by atoms with Crippen molar-refractivity contribution >= 4 is 0 Å². The van der Waals surface area contributed by atoms with Gasteiger partial charge in [-0.25, -0.2) is 0 Å². The van der Waals surface area contributed by atoms with Gasteiger partial charge in [-0.2, -0.15) is 0 Å². The Bertz CT molecular complexity index is 186. The highest BCUT2D eigenvalue weighted by Gasteiger charge is 2.39. The molecule has 1 aliphatic rings. The average molecular weight is 211 g/mol. The summed E-state index contributed by atoms with van der Waals surface area (Å²) in [6.45, 7) is 12.8. The van der Waals surface area contributed by atoms with Crippen LogP contribution in [0.1, 0.15) is 47.5 Å². The highest BCUT2D eigenvalue weighted by Crippen LogP contribution is 2.45. The van der Waals surface area contributed by atoms with E-state index in [0.29, 0.717) is 0 Å². The van der Waals surface area contributed by atoms with Crippen LogP contribution in [0.15, 0.2) is 0 Å². The Kier molecular flexibility index (Phi) is 4.64. The van der Waals surface area contributed by atoms with E-state index >= 15 is 0 Å². The van der Waals surface area contributed by atoms with Gasteiger partial charge < -0.3 is 5.73 Å². The van der Waals surface area contributed by atoms with E-state index in [2.05, 4.69) is 34.6 Å². The summed E-state index contributed by atoms with van der Waals surface area (Å²) < 4.78 is 0. The molecule has 90 valence electrons. The lowest BCUT2D eigenvalue weighted by molar-refractivity contribution is 0.0339. The van der Waals surface area contributed by atoms with Gasteiger partial charge in [0.1, 0.15) is 0 Å². The predicted octanol–water partition coefficient (Wildman–Crippen LogP) is 3.54. The second-order valence-corrected chi connectivity index (χ2v) is 5.93. The highest BCUT2D eigenvalue weighted by molar-refractivity contribution is 4.89. The van der Waals surface area contributed by atoms with Crippen LogP contribution in [0.2, 0.25) is 0 Å². The highest BCUT2D eigenvalue weighted by atomic mass is 14.6. The first-order valence-electron chi connectivity index (χ1n) is 6.72. The number of hydrogen-bond acceptors (Lipinski definition) is 1. The molecule has 1 fully saturated rings. The van der Waals surface area contributed by atoms with Gasteiger partial charge in [0, 0.05) is 0 Å². The van der Waals surface area contributed by atoms with E-state index < -0.39 is 0 Å². The number of rotatable bonds is 3. The Morgan fingerprint density at radius 2 is 1.80 bits per heavy atom. The summed E-state index contributed by atoms with van der Waals surface area (Å²) >= 11 is 0. The van der Waals surface area contributed by atoms with E-state index in [1.807, 2.05) is 0 Å². The lowest BCUT2D eigenvalue weighted by atomic mass is 9.60. The van der Waals surface area contributed by atoms with E-state index in [1.165, 1.54) is 12.8 Å². The first-order valence-corrected chi connectivity index (χ1v) is 6.72. The van der Waals surface area contributed by atoms with Gasteiger partial charge in [0.05, 0.1) is 0 Å². The van der Waals surface area contributed by atoms with Crippen LogP contribution in [-0.2, 0) is 0 Å². The fraction of sp³-hybridized carbons (Fsp3) is 1.00. The molecule has 1 aliphatic carbocycles. The van der Waals surface area contributed by atoms with E-state index in [0.717, 1.165) is 42.1 Å². The molecule has 0 radical (unpaired) electrons. The summed E-state index contributed by atoms with van der Waals surface area (Å²) in [5.41, 5.74) is 5.92. The van der Waals surface area contributed by atoms with Crippen LogP contribution in [0.4, 0.5) is 0 Å². The summed E-state index contributed by atoms with van der Waals surface area (Å²) in [6.07, 6.45) is 2.68. The monoisotopic (exact) mass is 211 g/mol. The topological polar surface area (TPSA) is 26.0 Å². The van der Waals surface area contributed by atoms with Crippen molar-refractivity contribution in [3.05, 3.63) is 0 Å². The Labute approximate surface area is 95.8 Å². The van der Waals surface area contributed by atoms with Crippen molar-refractivity contribution in [3.8, 4) is 0 Å². The molecule has 0 aromatic rings. The van der Waals surface area contributed by atoms with Crippen molar-refractivity contribution in [2.45, 2.75) is 47.5 Å². The van der Waals surface area contributed by atoms with Crippen LogP contribution in [0, 0.1) is 35.5 Å². The largest absolute Gasteiger partial charge is 0.330 e. The quantitative estimate of drug-likeness (QED) is 0.759. The number of nitrogens with two attached hydrogens (primary N) is 1. The van der Waals surface area contributed by atoms with E-state index in [-0.39, 0.29) is 0 Å². The summed E-state index contributed by atoms with van der Waals surface area (Å²) in [5.74, 6) is 5.06. The lowest BCUT2D eigenvalue weighted by Gasteiger charge is -2.46. The zero-order chi connectivity index (χ0) is 11.6. The molecule has 0 saturated heterocycles. The third-order valence-electron chi connectivity index (χ3n) is 4.97. The van der Waals surface area contributed by atoms with Gasteiger partial charge >= 0.3 is 0 Å². The normalized spacial score (nSPS) is 42.2. The smallest absolute Gasteiger partial charge is 0.00461 e. The minimum absolute atomic E-state index is 0.763. The van der Waals surface area contributed by atoms with Gasteiger partial charge in [0.15, 0.2) is 0 Å². The van der Waals surface area contributed by atoms with Crippen LogP contribution in [0.3, 0.4) is 0 Å². The van der Waals surface area contributed by atoms with Crippen molar-refractivity contribution in [1.29, 1.82) is 0 Å². The van der Waals surface area contributed by atoms with Crippen LogP contribution in [0.25, 0.3) is 0 Å². The van der Waals surface area contributed by atoms with Crippen molar-refractivity contribution in [1.82, 2.24) is 0 Å². The van der Waals surface area contributed by atoms with Crippen molar-refractivity contribution < 1.29 is 0 Å². The van der Waals surface area contributed by atoms with E-state index in [1.54, 1.807) is 0 Å². The molecule has 1 nitrogen and oxygen atoms in total. The Morgan fingerprint density at radius 3 is 2.20 bits per heavy atom. The SMILES string of the molecule is CCC1C(C)C(CN)CC(C(C)C)C1C.